The molecule has 1 aromatic carbocycles. The van der Waals surface area contributed by atoms with Crippen LogP contribution in [0.25, 0.3) is 0 Å². The second-order valence-corrected chi connectivity index (χ2v) is 6.59. The van der Waals surface area contributed by atoms with E-state index in [0.717, 1.165) is 19.1 Å². The minimum atomic E-state index is 0.624. The first-order valence-corrected chi connectivity index (χ1v) is 8.58. The fraction of sp³-hybridized carbons (Fsp3) is 0.667. The Labute approximate surface area is 129 Å². The van der Waals surface area contributed by atoms with Gasteiger partial charge in [0.15, 0.2) is 0 Å². The fourth-order valence-electron chi connectivity index (χ4n) is 3.79. The number of nitrogens with zero attached hydrogens (tertiary/aromatic N) is 2. The summed E-state index contributed by atoms with van der Waals surface area (Å²) in [5.74, 6) is 0. The zero-order chi connectivity index (χ0) is 14.7. The topological polar surface area (TPSA) is 18.5 Å². The maximum atomic E-state index is 3.39. The summed E-state index contributed by atoms with van der Waals surface area (Å²) in [4.78, 5) is 5.33. The van der Waals surface area contributed by atoms with Gasteiger partial charge in [0.05, 0.1) is 0 Å². The highest BCUT2D eigenvalue weighted by molar-refractivity contribution is 5.49. The standard InChI is InChI=1S/C18H29N3/c1-3-19-12-16-7-9-17(10-8-16)21-14-18-6-4-5-11-20(18)13-15(21)2/h7-10,15,18-19H,3-6,11-14H2,1-2H3. The maximum absolute atomic E-state index is 3.39. The van der Waals surface area contributed by atoms with Crippen LogP contribution in [0.2, 0.25) is 0 Å². The van der Waals surface area contributed by atoms with Gasteiger partial charge in [-0.1, -0.05) is 25.5 Å². The van der Waals surface area contributed by atoms with Gasteiger partial charge in [-0.2, -0.15) is 0 Å². The van der Waals surface area contributed by atoms with Crippen molar-refractivity contribution in [3.05, 3.63) is 29.8 Å². The average Bonchev–Trinajstić information content (AvgIpc) is 2.53. The Balaban J connectivity index is 1.67. The summed E-state index contributed by atoms with van der Waals surface area (Å²) in [7, 11) is 0. The predicted molar refractivity (Wildman–Crippen MR) is 89.8 cm³/mol. The molecule has 21 heavy (non-hydrogen) atoms. The Morgan fingerprint density at radius 2 is 1.95 bits per heavy atom. The van der Waals surface area contributed by atoms with Crippen molar-refractivity contribution in [2.75, 3.05) is 31.1 Å². The summed E-state index contributed by atoms with van der Waals surface area (Å²) in [6.45, 7) is 10.3. The molecule has 116 valence electrons. The second-order valence-electron chi connectivity index (χ2n) is 6.59. The van der Waals surface area contributed by atoms with Crippen molar-refractivity contribution in [3.8, 4) is 0 Å². The Kier molecular flexibility index (Phi) is 4.81. The third-order valence-corrected chi connectivity index (χ3v) is 5.03. The highest BCUT2D eigenvalue weighted by atomic mass is 15.3. The van der Waals surface area contributed by atoms with Crippen LogP contribution in [-0.4, -0.2) is 43.2 Å². The molecule has 2 atom stereocenters. The lowest BCUT2D eigenvalue weighted by atomic mass is 9.96. The lowest BCUT2D eigenvalue weighted by Crippen LogP contribution is -2.58. The van der Waals surface area contributed by atoms with Gasteiger partial charge in [-0.25, -0.2) is 0 Å². The lowest BCUT2D eigenvalue weighted by Gasteiger charge is -2.48. The Morgan fingerprint density at radius 1 is 1.14 bits per heavy atom. The summed E-state index contributed by atoms with van der Waals surface area (Å²) < 4.78 is 0. The Hall–Kier alpha value is -1.06. The van der Waals surface area contributed by atoms with E-state index in [1.54, 1.807) is 0 Å². The zero-order valence-electron chi connectivity index (χ0n) is 13.5. The molecule has 0 saturated carbocycles. The molecule has 0 spiro atoms. The Morgan fingerprint density at radius 3 is 2.71 bits per heavy atom. The number of anilines is 1. The molecule has 0 bridgehead atoms. The largest absolute Gasteiger partial charge is 0.366 e. The minimum absolute atomic E-state index is 0.624. The molecular weight excluding hydrogens is 258 g/mol. The van der Waals surface area contributed by atoms with Gasteiger partial charge in [0.25, 0.3) is 0 Å². The van der Waals surface area contributed by atoms with E-state index in [1.807, 2.05) is 0 Å². The summed E-state index contributed by atoms with van der Waals surface area (Å²) >= 11 is 0. The molecule has 2 heterocycles. The van der Waals surface area contributed by atoms with Gasteiger partial charge in [-0.05, 0) is 50.6 Å². The molecule has 2 fully saturated rings. The molecule has 3 heteroatoms. The number of piperazine rings is 1. The summed E-state index contributed by atoms with van der Waals surface area (Å²) in [6.07, 6.45) is 4.18. The van der Waals surface area contributed by atoms with Crippen LogP contribution in [-0.2, 0) is 6.54 Å². The number of rotatable bonds is 4. The quantitative estimate of drug-likeness (QED) is 0.918. The summed E-state index contributed by atoms with van der Waals surface area (Å²) in [6, 6.07) is 10.6. The van der Waals surface area contributed by atoms with Crippen LogP contribution >= 0.6 is 0 Å². The van der Waals surface area contributed by atoms with Crippen LogP contribution in [0.15, 0.2) is 24.3 Å². The molecular formula is C18H29N3. The monoisotopic (exact) mass is 287 g/mol. The van der Waals surface area contributed by atoms with Crippen LogP contribution < -0.4 is 10.2 Å². The third-order valence-electron chi connectivity index (χ3n) is 5.03. The van der Waals surface area contributed by atoms with Crippen molar-refractivity contribution in [2.45, 2.75) is 51.7 Å². The van der Waals surface area contributed by atoms with Gasteiger partial charge < -0.3 is 10.2 Å². The Bertz CT molecular complexity index is 442. The van der Waals surface area contributed by atoms with Crippen molar-refractivity contribution < 1.29 is 0 Å². The molecule has 0 aromatic heterocycles. The third kappa shape index (κ3) is 3.41. The van der Waals surface area contributed by atoms with Gasteiger partial charge in [-0.15, -0.1) is 0 Å². The predicted octanol–water partition coefficient (Wildman–Crippen LogP) is 2.86. The first kappa shape index (κ1) is 14.9. The number of hydrogen-bond acceptors (Lipinski definition) is 3. The van der Waals surface area contributed by atoms with Crippen LogP contribution in [0.5, 0.6) is 0 Å². The molecule has 2 saturated heterocycles. The van der Waals surface area contributed by atoms with Crippen molar-refractivity contribution in [2.24, 2.45) is 0 Å². The van der Waals surface area contributed by atoms with E-state index in [2.05, 4.69) is 53.2 Å². The SMILES string of the molecule is CCNCc1ccc(N2CC3CCCCN3CC2C)cc1. The number of piperidine rings is 1. The molecule has 0 amide bonds. The fourth-order valence-corrected chi connectivity index (χ4v) is 3.79. The van der Waals surface area contributed by atoms with E-state index in [-0.39, 0.29) is 0 Å². The molecule has 2 unspecified atom stereocenters. The smallest absolute Gasteiger partial charge is 0.0389 e. The van der Waals surface area contributed by atoms with Crippen molar-refractivity contribution in [3.63, 3.8) is 0 Å². The highest BCUT2D eigenvalue weighted by Gasteiger charge is 2.32. The van der Waals surface area contributed by atoms with Gasteiger partial charge in [-0.3, -0.25) is 4.90 Å². The molecule has 1 aromatic rings. The van der Waals surface area contributed by atoms with Crippen LogP contribution in [0.1, 0.15) is 38.7 Å². The van der Waals surface area contributed by atoms with Crippen molar-refractivity contribution in [1.29, 1.82) is 0 Å². The molecule has 2 aliphatic heterocycles. The average molecular weight is 287 g/mol. The van der Waals surface area contributed by atoms with E-state index in [1.165, 1.54) is 50.1 Å². The summed E-state index contributed by atoms with van der Waals surface area (Å²) in [5.41, 5.74) is 2.78. The molecule has 3 rings (SSSR count). The van der Waals surface area contributed by atoms with Gasteiger partial charge in [0, 0.05) is 37.4 Å². The van der Waals surface area contributed by atoms with Gasteiger partial charge in [0.1, 0.15) is 0 Å². The van der Waals surface area contributed by atoms with Gasteiger partial charge in [0.2, 0.25) is 0 Å². The molecule has 2 aliphatic rings. The molecule has 0 radical (unpaired) electrons. The van der Waals surface area contributed by atoms with E-state index in [0.29, 0.717) is 6.04 Å². The highest BCUT2D eigenvalue weighted by Crippen LogP contribution is 2.28. The molecule has 3 nitrogen and oxygen atoms in total. The van der Waals surface area contributed by atoms with E-state index in [4.69, 9.17) is 0 Å². The molecule has 0 aliphatic carbocycles. The second kappa shape index (κ2) is 6.80. The molecule has 1 N–H and O–H groups in total. The van der Waals surface area contributed by atoms with Crippen LogP contribution in [0.3, 0.4) is 0 Å². The number of benzene rings is 1. The normalized spacial score (nSPS) is 26.7. The number of fused-ring (bicyclic) bond motifs is 1. The first-order chi connectivity index (χ1) is 10.3. The number of nitrogens with one attached hydrogen (secondary N) is 1. The van der Waals surface area contributed by atoms with Crippen molar-refractivity contribution >= 4 is 5.69 Å². The van der Waals surface area contributed by atoms with E-state index in [9.17, 15) is 0 Å². The first-order valence-electron chi connectivity index (χ1n) is 8.58. The van der Waals surface area contributed by atoms with Crippen molar-refractivity contribution in [1.82, 2.24) is 10.2 Å². The number of hydrogen-bond donors (Lipinski definition) is 1. The van der Waals surface area contributed by atoms with E-state index < -0.39 is 0 Å². The lowest BCUT2D eigenvalue weighted by molar-refractivity contribution is 0.115. The van der Waals surface area contributed by atoms with Gasteiger partial charge >= 0.3 is 0 Å². The van der Waals surface area contributed by atoms with Crippen LogP contribution in [0, 0.1) is 0 Å². The maximum Gasteiger partial charge on any atom is 0.0389 e. The van der Waals surface area contributed by atoms with Crippen LogP contribution in [0.4, 0.5) is 5.69 Å². The zero-order valence-corrected chi connectivity index (χ0v) is 13.5. The summed E-state index contributed by atoms with van der Waals surface area (Å²) in [5, 5.41) is 3.39. The minimum Gasteiger partial charge on any atom is -0.366 e. The van der Waals surface area contributed by atoms with E-state index >= 15 is 0 Å².